The Bertz CT molecular complexity index is 1110. The fraction of sp³-hybridized carbons (Fsp3) is 0.348. The van der Waals surface area contributed by atoms with Crippen LogP contribution in [0.4, 0.5) is 5.95 Å². The number of nitrogens with zero attached hydrogens (tertiary/aromatic N) is 3. The van der Waals surface area contributed by atoms with E-state index in [4.69, 9.17) is 14.5 Å². The van der Waals surface area contributed by atoms with Crippen molar-refractivity contribution in [3.8, 4) is 0 Å². The van der Waals surface area contributed by atoms with E-state index in [1.165, 1.54) is 0 Å². The minimum absolute atomic E-state index is 0.203. The summed E-state index contributed by atoms with van der Waals surface area (Å²) < 4.78 is 13.4. The number of halogens is 1. The summed E-state index contributed by atoms with van der Waals surface area (Å²) >= 11 is 3.52. The summed E-state index contributed by atoms with van der Waals surface area (Å²) in [4.78, 5) is 33.1. The molecule has 1 amide bonds. The topological polar surface area (TPSA) is 73.7 Å². The summed E-state index contributed by atoms with van der Waals surface area (Å²) in [6, 6.07) is 14.8. The Morgan fingerprint density at radius 1 is 1.19 bits per heavy atom. The number of methoxy groups -OCH3 is 1. The standard InChI is InChI=1S/C23H24BrN3O4/c1-3-31-22(29)19-20(15-8-6-9-16(24)14-15)27-18-11-5-4-10-17(18)25-23(27)26(21(19)28)12-7-13-30-2/h4-6,8-11,14,19-20H,3,7,12-13H2,1-2H3. The van der Waals surface area contributed by atoms with Gasteiger partial charge in [0, 0.05) is 24.7 Å². The van der Waals surface area contributed by atoms with Gasteiger partial charge >= 0.3 is 5.97 Å². The van der Waals surface area contributed by atoms with Gasteiger partial charge in [-0.15, -0.1) is 0 Å². The number of benzene rings is 2. The van der Waals surface area contributed by atoms with Crippen LogP contribution in [-0.4, -0.2) is 48.3 Å². The van der Waals surface area contributed by atoms with Gasteiger partial charge in [-0.1, -0.05) is 40.2 Å². The molecule has 162 valence electrons. The van der Waals surface area contributed by atoms with Crippen molar-refractivity contribution in [3.63, 3.8) is 0 Å². The minimum atomic E-state index is -1.01. The zero-order valence-electron chi connectivity index (χ0n) is 17.5. The van der Waals surface area contributed by atoms with Crippen LogP contribution in [-0.2, 0) is 19.1 Å². The van der Waals surface area contributed by atoms with Gasteiger partial charge < -0.3 is 14.0 Å². The van der Waals surface area contributed by atoms with Crippen LogP contribution in [0.3, 0.4) is 0 Å². The maximum absolute atomic E-state index is 13.7. The lowest BCUT2D eigenvalue weighted by molar-refractivity contribution is -0.153. The summed E-state index contributed by atoms with van der Waals surface area (Å²) in [7, 11) is 1.62. The molecule has 2 atom stereocenters. The van der Waals surface area contributed by atoms with E-state index in [1.807, 2.05) is 53.1 Å². The number of carbonyl (C=O) groups excluding carboxylic acids is 2. The number of rotatable bonds is 7. The maximum atomic E-state index is 13.7. The van der Waals surface area contributed by atoms with Gasteiger partial charge in [0.25, 0.3) is 0 Å². The summed E-state index contributed by atoms with van der Waals surface area (Å²) in [5, 5.41) is 0. The van der Waals surface area contributed by atoms with Crippen LogP contribution in [0, 0.1) is 5.92 Å². The van der Waals surface area contributed by atoms with Crippen LogP contribution < -0.4 is 4.90 Å². The number of amides is 1. The van der Waals surface area contributed by atoms with Gasteiger partial charge in [-0.2, -0.15) is 0 Å². The van der Waals surface area contributed by atoms with E-state index < -0.39 is 17.9 Å². The van der Waals surface area contributed by atoms with Crippen LogP contribution in [0.25, 0.3) is 11.0 Å². The van der Waals surface area contributed by atoms with Gasteiger partial charge in [0.1, 0.15) is 0 Å². The normalized spacial score (nSPS) is 18.3. The molecule has 0 radical (unpaired) electrons. The second-order valence-corrected chi connectivity index (χ2v) is 8.25. The molecule has 0 saturated carbocycles. The highest BCUT2D eigenvalue weighted by Crippen LogP contribution is 2.41. The molecule has 8 heteroatoms. The zero-order chi connectivity index (χ0) is 22.0. The van der Waals surface area contributed by atoms with Crippen molar-refractivity contribution in [2.45, 2.75) is 19.4 Å². The molecule has 2 unspecified atom stereocenters. The Kier molecular flexibility index (Phi) is 6.38. The summed E-state index contributed by atoms with van der Waals surface area (Å²) in [5.74, 6) is -1.31. The lowest BCUT2D eigenvalue weighted by atomic mass is 9.89. The highest BCUT2D eigenvalue weighted by Gasteiger charge is 2.47. The molecule has 0 saturated heterocycles. The van der Waals surface area contributed by atoms with E-state index in [0.717, 1.165) is 21.1 Å². The van der Waals surface area contributed by atoms with Crippen LogP contribution >= 0.6 is 15.9 Å². The number of ether oxygens (including phenoxy) is 2. The molecular weight excluding hydrogens is 462 g/mol. The van der Waals surface area contributed by atoms with E-state index >= 15 is 0 Å². The molecular formula is C23H24BrN3O4. The minimum Gasteiger partial charge on any atom is -0.465 e. The average molecular weight is 486 g/mol. The fourth-order valence-corrected chi connectivity index (χ4v) is 4.53. The first kappa shape index (κ1) is 21.5. The second-order valence-electron chi connectivity index (χ2n) is 7.34. The van der Waals surface area contributed by atoms with E-state index in [-0.39, 0.29) is 12.5 Å². The van der Waals surface area contributed by atoms with Crippen molar-refractivity contribution in [1.29, 1.82) is 0 Å². The molecule has 4 rings (SSSR count). The number of aromatic nitrogens is 2. The number of esters is 1. The van der Waals surface area contributed by atoms with Gasteiger partial charge in [0.05, 0.1) is 23.7 Å². The quantitative estimate of drug-likeness (QED) is 0.287. The number of hydrogen-bond acceptors (Lipinski definition) is 5. The summed E-state index contributed by atoms with van der Waals surface area (Å²) in [6.45, 7) is 2.85. The SMILES string of the molecule is CCOC(=O)C1C(=O)N(CCCOC)c2nc3ccccc3n2C1c1cccc(Br)c1. The molecule has 1 aromatic heterocycles. The summed E-state index contributed by atoms with van der Waals surface area (Å²) in [6.07, 6.45) is 0.628. The number of para-hydroxylation sites is 2. The molecule has 2 heterocycles. The number of imidazole rings is 1. The fourth-order valence-electron chi connectivity index (χ4n) is 4.12. The second kappa shape index (κ2) is 9.20. The van der Waals surface area contributed by atoms with Crippen molar-refractivity contribution >= 4 is 44.8 Å². The molecule has 0 bridgehead atoms. The highest BCUT2D eigenvalue weighted by atomic mass is 79.9. The molecule has 7 nitrogen and oxygen atoms in total. The molecule has 1 aliphatic rings. The van der Waals surface area contributed by atoms with Gasteiger partial charge in [-0.25, -0.2) is 4.98 Å². The van der Waals surface area contributed by atoms with Crippen molar-refractivity contribution in [2.75, 3.05) is 31.8 Å². The Labute approximate surface area is 189 Å². The Hall–Kier alpha value is -2.71. The molecule has 0 N–H and O–H groups in total. The first-order chi connectivity index (χ1) is 15.1. The van der Waals surface area contributed by atoms with Crippen molar-refractivity contribution in [3.05, 3.63) is 58.6 Å². The Morgan fingerprint density at radius 2 is 2.00 bits per heavy atom. The van der Waals surface area contributed by atoms with Crippen LogP contribution in [0.2, 0.25) is 0 Å². The largest absolute Gasteiger partial charge is 0.465 e. The average Bonchev–Trinajstić information content (AvgIpc) is 3.14. The molecule has 1 aliphatic heterocycles. The Balaban J connectivity index is 1.94. The summed E-state index contributed by atoms with van der Waals surface area (Å²) in [5.41, 5.74) is 2.47. The maximum Gasteiger partial charge on any atom is 0.321 e. The predicted octanol–water partition coefficient (Wildman–Crippen LogP) is 3.95. The van der Waals surface area contributed by atoms with Gasteiger partial charge in [-0.05, 0) is 43.2 Å². The monoisotopic (exact) mass is 485 g/mol. The number of hydrogen-bond donors (Lipinski definition) is 0. The lowest BCUT2D eigenvalue weighted by Crippen LogP contribution is -2.50. The van der Waals surface area contributed by atoms with E-state index in [1.54, 1.807) is 18.9 Å². The van der Waals surface area contributed by atoms with Crippen molar-refractivity contribution in [2.24, 2.45) is 5.92 Å². The number of fused-ring (bicyclic) bond motifs is 3. The first-order valence-corrected chi connectivity index (χ1v) is 11.1. The molecule has 3 aromatic rings. The van der Waals surface area contributed by atoms with E-state index in [0.29, 0.717) is 25.5 Å². The molecule has 0 aliphatic carbocycles. The van der Waals surface area contributed by atoms with Gasteiger partial charge in [0.15, 0.2) is 5.92 Å². The predicted molar refractivity (Wildman–Crippen MR) is 121 cm³/mol. The van der Waals surface area contributed by atoms with Crippen LogP contribution in [0.5, 0.6) is 0 Å². The molecule has 0 fully saturated rings. The smallest absolute Gasteiger partial charge is 0.321 e. The van der Waals surface area contributed by atoms with Gasteiger partial charge in [0.2, 0.25) is 11.9 Å². The third kappa shape index (κ3) is 3.97. The Morgan fingerprint density at radius 3 is 2.74 bits per heavy atom. The molecule has 31 heavy (non-hydrogen) atoms. The highest BCUT2D eigenvalue weighted by molar-refractivity contribution is 9.10. The zero-order valence-corrected chi connectivity index (χ0v) is 19.0. The van der Waals surface area contributed by atoms with Gasteiger partial charge in [-0.3, -0.25) is 14.5 Å². The van der Waals surface area contributed by atoms with E-state index in [2.05, 4.69) is 15.9 Å². The number of carbonyl (C=O) groups is 2. The van der Waals surface area contributed by atoms with E-state index in [9.17, 15) is 9.59 Å². The van der Waals surface area contributed by atoms with Crippen LogP contribution in [0.15, 0.2) is 53.0 Å². The van der Waals surface area contributed by atoms with Crippen molar-refractivity contribution < 1.29 is 19.1 Å². The lowest BCUT2D eigenvalue weighted by Gasteiger charge is -2.38. The third-order valence-electron chi connectivity index (χ3n) is 5.41. The van der Waals surface area contributed by atoms with Crippen molar-refractivity contribution in [1.82, 2.24) is 9.55 Å². The van der Waals surface area contributed by atoms with Crippen LogP contribution in [0.1, 0.15) is 24.9 Å². The first-order valence-electron chi connectivity index (χ1n) is 10.3. The third-order valence-corrected chi connectivity index (χ3v) is 5.90. The molecule has 0 spiro atoms. The number of anilines is 1. The molecule has 2 aromatic carbocycles.